The summed E-state index contributed by atoms with van der Waals surface area (Å²) >= 11 is 1.03. The number of aromatic nitrogens is 2. The van der Waals surface area contributed by atoms with Gasteiger partial charge in [-0.15, -0.1) is 5.10 Å². The zero-order valence-electron chi connectivity index (χ0n) is 24.0. The summed E-state index contributed by atoms with van der Waals surface area (Å²) in [6.45, 7) is 6.78. The highest BCUT2D eigenvalue weighted by molar-refractivity contribution is 7.08. The van der Waals surface area contributed by atoms with Crippen LogP contribution in [0.25, 0.3) is 0 Å². The standard InChI is InChI=1S/C29H35N7O5S/c1-19-26(42-33-32-19)27(37)31-22-17-20(28(38)36-13-9-30-10-14-36)5-7-23(22)34-11-4-12-35(16-15-34)29(39)21-6-8-24(40-2)25(18-21)41-3/h5-8,17-18,30H,4,9-16H2,1-3H3,(H,31,37). The predicted octanol–water partition coefficient (Wildman–Crippen LogP) is 2.51. The van der Waals surface area contributed by atoms with Crippen molar-refractivity contribution in [3.8, 4) is 11.5 Å². The molecule has 12 nitrogen and oxygen atoms in total. The lowest BCUT2D eigenvalue weighted by molar-refractivity contribution is 0.0734. The lowest BCUT2D eigenvalue weighted by Crippen LogP contribution is -2.46. The van der Waals surface area contributed by atoms with Crippen molar-refractivity contribution >= 4 is 40.6 Å². The van der Waals surface area contributed by atoms with Gasteiger partial charge >= 0.3 is 0 Å². The van der Waals surface area contributed by atoms with E-state index in [-0.39, 0.29) is 17.7 Å². The zero-order chi connectivity index (χ0) is 29.6. The average molecular weight is 594 g/mol. The molecule has 0 radical (unpaired) electrons. The molecule has 13 heteroatoms. The Morgan fingerprint density at radius 2 is 1.55 bits per heavy atom. The molecule has 0 saturated carbocycles. The van der Waals surface area contributed by atoms with E-state index in [1.165, 1.54) is 0 Å². The van der Waals surface area contributed by atoms with Gasteiger partial charge in [-0.1, -0.05) is 4.49 Å². The van der Waals surface area contributed by atoms with Crippen LogP contribution < -0.4 is 25.0 Å². The Kier molecular flexibility index (Phi) is 9.18. The van der Waals surface area contributed by atoms with E-state index in [9.17, 15) is 14.4 Å². The van der Waals surface area contributed by atoms with Gasteiger partial charge in [0.2, 0.25) is 0 Å². The van der Waals surface area contributed by atoms with Crippen LogP contribution in [0.2, 0.25) is 0 Å². The van der Waals surface area contributed by atoms with Gasteiger partial charge in [-0.25, -0.2) is 0 Å². The number of amides is 3. The highest BCUT2D eigenvalue weighted by Gasteiger charge is 2.26. The first-order valence-electron chi connectivity index (χ1n) is 13.9. The summed E-state index contributed by atoms with van der Waals surface area (Å²) in [5, 5.41) is 10.2. The van der Waals surface area contributed by atoms with Gasteiger partial charge in [0, 0.05) is 63.5 Å². The molecular weight excluding hydrogens is 558 g/mol. The summed E-state index contributed by atoms with van der Waals surface area (Å²) < 4.78 is 14.6. The Balaban J connectivity index is 1.37. The first-order chi connectivity index (χ1) is 20.4. The molecular formula is C29H35N7O5S. The fraction of sp³-hybridized carbons (Fsp3) is 0.414. The molecule has 2 aliphatic heterocycles. The molecule has 42 heavy (non-hydrogen) atoms. The van der Waals surface area contributed by atoms with Crippen LogP contribution in [-0.4, -0.2) is 104 Å². The Labute approximate surface area is 248 Å². The summed E-state index contributed by atoms with van der Waals surface area (Å²) in [5.41, 5.74) is 2.91. The second-order valence-corrected chi connectivity index (χ2v) is 10.9. The van der Waals surface area contributed by atoms with Gasteiger partial charge in [-0.3, -0.25) is 14.4 Å². The lowest BCUT2D eigenvalue weighted by atomic mass is 10.1. The number of hydrogen-bond donors (Lipinski definition) is 2. The normalized spacial score (nSPS) is 15.6. The summed E-state index contributed by atoms with van der Waals surface area (Å²) in [6, 6.07) is 10.6. The predicted molar refractivity (Wildman–Crippen MR) is 160 cm³/mol. The highest BCUT2D eigenvalue weighted by atomic mass is 32.1. The molecule has 0 atom stereocenters. The molecule has 3 heterocycles. The Hall–Kier alpha value is -4.23. The SMILES string of the molecule is COc1ccc(C(=O)N2CCCN(c3ccc(C(=O)N4CCNCC4)cc3NC(=O)c3snnc3C)CC2)cc1OC. The van der Waals surface area contributed by atoms with Crippen LogP contribution in [0.4, 0.5) is 11.4 Å². The monoisotopic (exact) mass is 593 g/mol. The molecule has 5 rings (SSSR count). The number of carbonyl (C=O) groups is 3. The first kappa shape index (κ1) is 29.3. The van der Waals surface area contributed by atoms with E-state index in [0.29, 0.717) is 78.2 Å². The van der Waals surface area contributed by atoms with Crippen molar-refractivity contribution in [2.24, 2.45) is 0 Å². The van der Waals surface area contributed by atoms with Gasteiger partial charge in [-0.2, -0.15) is 0 Å². The number of piperazine rings is 1. The number of hydrogen-bond acceptors (Lipinski definition) is 10. The fourth-order valence-corrected chi connectivity index (χ4v) is 5.78. The molecule has 0 aliphatic carbocycles. The number of anilines is 2. The molecule has 3 aromatic rings. The number of ether oxygens (including phenoxy) is 2. The lowest BCUT2D eigenvalue weighted by Gasteiger charge is -2.29. The maximum atomic E-state index is 13.4. The van der Waals surface area contributed by atoms with E-state index in [0.717, 1.165) is 36.7 Å². The minimum absolute atomic E-state index is 0.0725. The van der Waals surface area contributed by atoms with E-state index in [2.05, 4.69) is 25.1 Å². The number of carbonyl (C=O) groups excluding carboxylic acids is 3. The van der Waals surface area contributed by atoms with Gasteiger partial charge in [0.05, 0.1) is 31.3 Å². The number of nitrogens with zero attached hydrogens (tertiary/aromatic N) is 5. The van der Waals surface area contributed by atoms with Crippen molar-refractivity contribution in [2.45, 2.75) is 13.3 Å². The highest BCUT2D eigenvalue weighted by Crippen LogP contribution is 2.31. The molecule has 3 amide bonds. The van der Waals surface area contributed by atoms with Crippen LogP contribution >= 0.6 is 11.5 Å². The van der Waals surface area contributed by atoms with E-state index in [4.69, 9.17) is 9.47 Å². The third-order valence-electron chi connectivity index (χ3n) is 7.51. The van der Waals surface area contributed by atoms with Gasteiger partial charge in [0.25, 0.3) is 17.7 Å². The minimum Gasteiger partial charge on any atom is -0.493 e. The maximum absolute atomic E-state index is 13.4. The van der Waals surface area contributed by atoms with Crippen LogP contribution in [-0.2, 0) is 0 Å². The quantitative estimate of drug-likeness (QED) is 0.425. The third kappa shape index (κ3) is 6.31. The molecule has 2 saturated heterocycles. The van der Waals surface area contributed by atoms with Gasteiger partial charge in [0.1, 0.15) is 4.88 Å². The summed E-state index contributed by atoms with van der Waals surface area (Å²) in [4.78, 5) is 46.1. The molecule has 2 aromatic carbocycles. The van der Waals surface area contributed by atoms with Gasteiger partial charge in [-0.05, 0) is 61.3 Å². The Bertz CT molecular complexity index is 1460. The molecule has 2 N–H and O–H groups in total. The topological polar surface area (TPSA) is 129 Å². The van der Waals surface area contributed by atoms with Crippen molar-refractivity contribution in [3.63, 3.8) is 0 Å². The van der Waals surface area contributed by atoms with Crippen molar-refractivity contribution in [1.82, 2.24) is 24.7 Å². The number of rotatable bonds is 7. The largest absolute Gasteiger partial charge is 0.493 e. The molecule has 2 fully saturated rings. The Morgan fingerprint density at radius 3 is 2.24 bits per heavy atom. The average Bonchev–Trinajstić information content (AvgIpc) is 3.31. The number of methoxy groups -OCH3 is 2. The molecule has 0 spiro atoms. The summed E-state index contributed by atoms with van der Waals surface area (Å²) in [7, 11) is 3.10. The van der Waals surface area contributed by atoms with Crippen molar-refractivity contribution < 1.29 is 23.9 Å². The van der Waals surface area contributed by atoms with Crippen molar-refractivity contribution in [1.29, 1.82) is 0 Å². The third-order valence-corrected chi connectivity index (χ3v) is 8.33. The van der Waals surface area contributed by atoms with E-state index < -0.39 is 0 Å². The number of aryl methyl sites for hydroxylation is 1. The van der Waals surface area contributed by atoms with Crippen LogP contribution in [0, 0.1) is 6.92 Å². The van der Waals surface area contributed by atoms with E-state index >= 15 is 0 Å². The molecule has 2 aliphatic rings. The smallest absolute Gasteiger partial charge is 0.269 e. The summed E-state index contributed by atoms with van der Waals surface area (Å²) in [5.74, 6) is 0.583. The number of nitrogens with one attached hydrogen (secondary N) is 2. The van der Waals surface area contributed by atoms with E-state index in [1.54, 1.807) is 45.4 Å². The fourth-order valence-electron chi connectivity index (χ4n) is 5.23. The zero-order valence-corrected chi connectivity index (χ0v) is 24.8. The molecule has 0 bridgehead atoms. The van der Waals surface area contributed by atoms with Crippen LogP contribution in [0.15, 0.2) is 36.4 Å². The van der Waals surface area contributed by atoms with Crippen LogP contribution in [0.5, 0.6) is 11.5 Å². The molecule has 222 valence electrons. The van der Waals surface area contributed by atoms with Crippen molar-refractivity contribution in [3.05, 3.63) is 58.1 Å². The van der Waals surface area contributed by atoms with Gasteiger partial charge in [0.15, 0.2) is 11.5 Å². The van der Waals surface area contributed by atoms with E-state index in [1.807, 2.05) is 21.9 Å². The molecule has 1 aromatic heterocycles. The first-order valence-corrected chi connectivity index (χ1v) is 14.7. The van der Waals surface area contributed by atoms with Crippen LogP contribution in [0.3, 0.4) is 0 Å². The van der Waals surface area contributed by atoms with Crippen LogP contribution in [0.1, 0.15) is 42.5 Å². The molecule has 0 unspecified atom stereocenters. The Morgan fingerprint density at radius 1 is 0.857 bits per heavy atom. The second-order valence-electron chi connectivity index (χ2n) is 10.1. The minimum atomic E-state index is -0.324. The number of benzene rings is 2. The maximum Gasteiger partial charge on any atom is 0.269 e. The van der Waals surface area contributed by atoms with Crippen molar-refractivity contribution in [2.75, 3.05) is 76.8 Å². The second kappa shape index (κ2) is 13.2. The van der Waals surface area contributed by atoms with Gasteiger partial charge < -0.3 is 34.8 Å². The summed E-state index contributed by atoms with van der Waals surface area (Å²) in [6.07, 6.45) is 0.728.